The topological polar surface area (TPSA) is 51.2 Å². The molecule has 12 heavy (non-hydrogen) atoms. The minimum atomic E-state index is -0.138. The molecule has 1 amide bonds. The molecule has 0 aliphatic heterocycles. The van der Waals surface area contributed by atoms with E-state index in [1.165, 1.54) is 14.0 Å². The van der Waals surface area contributed by atoms with E-state index in [4.69, 9.17) is 4.74 Å². The molecule has 0 fully saturated rings. The summed E-state index contributed by atoms with van der Waals surface area (Å²) in [6, 6.07) is 3.46. The van der Waals surface area contributed by atoms with Crippen molar-refractivity contribution in [3.8, 4) is 5.88 Å². The number of rotatable bonds is 2. The van der Waals surface area contributed by atoms with Gasteiger partial charge in [0.2, 0.25) is 11.8 Å². The summed E-state index contributed by atoms with van der Waals surface area (Å²) in [6.45, 7) is 1.44. The van der Waals surface area contributed by atoms with Crippen LogP contribution in [-0.2, 0) is 4.79 Å². The van der Waals surface area contributed by atoms with Crippen LogP contribution in [0.4, 0.5) is 5.69 Å². The number of carbonyl (C=O) groups is 1. The first-order chi connectivity index (χ1) is 5.74. The van der Waals surface area contributed by atoms with Crippen LogP contribution in [0, 0.1) is 0 Å². The summed E-state index contributed by atoms with van der Waals surface area (Å²) >= 11 is 0. The van der Waals surface area contributed by atoms with Crippen molar-refractivity contribution in [2.24, 2.45) is 0 Å². The Bertz CT molecular complexity index is 286. The molecule has 1 aromatic rings. The first-order valence-electron chi connectivity index (χ1n) is 3.50. The van der Waals surface area contributed by atoms with E-state index in [9.17, 15) is 4.79 Å². The van der Waals surface area contributed by atoms with Crippen molar-refractivity contribution in [2.45, 2.75) is 6.92 Å². The highest BCUT2D eigenvalue weighted by molar-refractivity contribution is 5.89. The van der Waals surface area contributed by atoms with Crippen molar-refractivity contribution in [1.29, 1.82) is 0 Å². The van der Waals surface area contributed by atoms with E-state index >= 15 is 0 Å². The normalized spacial score (nSPS) is 9.17. The van der Waals surface area contributed by atoms with Crippen LogP contribution in [-0.4, -0.2) is 18.0 Å². The third kappa shape index (κ3) is 1.95. The predicted molar refractivity (Wildman–Crippen MR) is 45.1 cm³/mol. The zero-order chi connectivity index (χ0) is 8.97. The number of pyridine rings is 1. The fourth-order valence-corrected chi connectivity index (χ4v) is 0.838. The van der Waals surface area contributed by atoms with Crippen LogP contribution in [0.25, 0.3) is 0 Å². The van der Waals surface area contributed by atoms with Gasteiger partial charge in [0.05, 0.1) is 7.11 Å². The molecule has 1 aromatic heterocycles. The van der Waals surface area contributed by atoms with Gasteiger partial charge in [-0.15, -0.1) is 0 Å². The van der Waals surface area contributed by atoms with Gasteiger partial charge in [0.15, 0.2) is 0 Å². The zero-order valence-corrected chi connectivity index (χ0v) is 7.00. The largest absolute Gasteiger partial charge is 0.480 e. The molecule has 1 N–H and O–H groups in total. The van der Waals surface area contributed by atoms with Crippen LogP contribution < -0.4 is 10.1 Å². The number of ether oxygens (including phenoxy) is 1. The fourth-order valence-electron chi connectivity index (χ4n) is 0.838. The van der Waals surface area contributed by atoms with Crippen LogP contribution in [0.2, 0.25) is 0 Å². The van der Waals surface area contributed by atoms with Crippen molar-refractivity contribution in [3.05, 3.63) is 18.3 Å². The van der Waals surface area contributed by atoms with E-state index in [1.54, 1.807) is 18.3 Å². The minimum absolute atomic E-state index is 0.138. The molecular formula is C8H10N2O2. The standard InChI is InChI=1S/C8H10N2O2/c1-6(11)10-7-4-3-5-9-8(7)12-2/h3-5H,1-2H3,(H,10,11). The molecule has 0 aliphatic carbocycles. The Hall–Kier alpha value is -1.58. The summed E-state index contributed by atoms with van der Waals surface area (Å²) in [7, 11) is 1.51. The average molecular weight is 166 g/mol. The Kier molecular flexibility index (Phi) is 2.63. The first-order valence-corrected chi connectivity index (χ1v) is 3.50. The molecule has 0 spiro atoms. The highest BCUT2D eigenvalue weighted by Gasteiger charge is 2.02. The molecule has 1 heterocycles. The summed E-state index contributed by atoms with van der Waals surface area (Å²) in [5.41, 5.74) is 0.590. The lowest BCUT2D eigenvalue weighted by Gasteiger charge is -2.05. The van der Waals surface area contributed by atoms with Gasteiger partial charge in [0.1, 0.15) is 5.69 Å². The molecule has 4 heteroatoms. The minimum Gasteiger partial charge on any atom is -0.480 e. The highest BCUT2D eigenvalue weighted by atomic mass is 16.5. The predicted octanol–water partition coefficient (Wildman–Crippen LogP) is 1.05. The van der Waals surface area contributed by atoms with E-state index in [0.29, 0.717) is 11.6 Å². The van der Waals surface area contributed by atoms with Crippen molar-refractivity contribution < 1.29 is 9.53 Å². The first kappa shape index (κ1) is 8.52. The number of anilines is 1. The maximum Gasteiger partial charge on any atom is 0.237 e. The molecule has 1 rings (SSSR count). The molecule has 4 nitrogen and oxygen atoms in total. The number of nitrogens with zero attached hydrogens (tertiary/aromatic N) is 1. The van der Waals surface area contributed by atoms with Crippen LogP contribution in [0.3, 0.4) is 0 Å². The summed E-state index contributed by atoms with van der Waals surface area (Å²) in [6.07, 6.45) is 1.60. The van der Waals surface area contributed by atoms with E-state index in [2.05, 4.69) is 10.3 Å². The van der Waals surface area contributed by atoms with Crippen LogP contribution in [0.5, 0.6) is 5.88 Å². The summed E-state index contributed by atoms with van der Waals surface area (Å²) in [5, 5.41) is 2.60. The lowest BCUT2D eigenvalue weighted by Crippen LogP contribution is -2.07. The van der Waals surface area contributed by atoms with Gasteiger partial charge in [-0.2, -0.15) is 0 Å². The monoisotopic (exact) mass is 166 g/mol. The number of amides is 1. The molecule has 64 valence electrons. The Morgan fingerprint density at radius 2 is 2.42 bits per heavy atom. The second-order valence-electron chi connectivity index (χ2n) is 2.24. The van der Waals surface area contributed by atoms with Gasteiger partial charge in [-0.05, 0) is 12.1 Å². The molecule has 0 unspecified atom stereocenters. The maximum atomic E-state index is 10.7. The second kappa shape index (κ2) is 3.71. The van der Waals surface area contributed by atoms with Crippen LogP contribution in [0.15, 0.2) is 18.3 Å². The Labute approximate surface area is 70.6 Å². The number of carbonyl (C=O) groups excluding carboxylic acids is 1. The van der Waals surface area contributed by atoms with Gasteiger partial charge in [0.25, 0.3) is 0 Å². The van der Waals surface area contributed by atoms with E-state index in [0.717, 1.165) is 0 Å². The third-order valence-electron chi connectivity index (χ3n) is 1.28. The Morgan fingerprint density at radius 3 is 3.00 bits per heavy atom. The second-order valence-corrected chi connectivity index (χ2v) is 2.24. The molecular weight excluding hydrogens is 156 g/mol. The molecule has 0 radical (unpaired) electrons. The van der Waals surface area contributed by atoms with Gasteiger partial charge in [-0.25, -0.2) is 4.98 Å². The van der Waals surface area contributed by atoms with Crippen molar-refractivity contribution >= 4 is 11.6 Å². The molecule has 0 saturated heterocycles. The lowest BCUT2D eigenvalue weighted by molar-refractivity contribution is -0.114. The number of nitrogens with one attached hydrogen (secondary N) is 1. The van der Waals surface area contributed by atoms with Gasteiger partial charge < -0.3 is 10.1 Å². The number of hydrogen-bond acceptors (Lipinski definition) is 3. The maximum absolute atomic E-state index is 10.7. The Balaban J connectivity index is 2.89. The number of aromatic nitrogens is 1. The molecule has 0 bridgehead atoms. The van der Waals surface area contributed by atoms with E-state index < -0.39 is 0 Å². The van der Waals surface area contributed by atoms with Crippen molar-refractivity contribution in [2.75, 3.05) is 12.4 Å². The molecule has 0 aromatic carbocycles. The lowest BCUT2D eigenvalue weighted by atomic mass is 10.4. The average Bonchev–Trinajstić information content (AvgIpc) is 2.04. The zero-order valence-electron chi connectivity index (χ0n) is 7.00. The Morgan fingerprint density at radius 1 is 1.67 bits per heavy atom. The van der Waals surface area contributed by atoms with Gasteiger partial charge >= 0.3 is 0 Å². The van der Waals surface area contributed by atoms with Gasteiger partial charge in [-0.1, -0.05) is 0 Å². The number of hydrogen-bond donors (Lipinski definition) is 1. The van der Waals surface area contributed by atoms with E-state index in [-0.39, 0.29) is 5.91 Å². The fraction of sp³-hybridized carbons (Fsp3) is 0.250. The van der Waals surface area contributed by atoms with E-state index in [1.807, 2.05) is 0 Å². The van der Waals surface area contributed by atoms with Gasteiger partial charge in [-0.3, -0.25) is 4.79 Å². The van der Waals surface area contributed by atoms with Gasteiger partial charge in [0, 0.05) is 13.1 Å². The molecule has 0 saturated carbocycles. The summed E-state index contributed by atoms with van der Waals surface area (Å²) in [4.78, 5) is 14.6. The quantitative estimate of drug-likeness (QED) is 0.714. The number of methoxy groups -OCH3 is 1. The SMILES string of the molecule is COc1ncccc1NC(C)=O. The molecule has 0 atom stereocenters. The smallest absolute Gasteiger partial charge is 0.237 e. The van der Waals surface area contributed by atoms with Crippen LogP contribution >= 0.6 is 0 Å². The molecule has 0 aliphatic rings. The van der Waals surface area contributed by atoms with Crippen molar-refractivity contribution in [3.63, 3.8) is 0 Å². The summed E-state index contributed by atoms with van der Waals surface area (Å²) in [5.74, 6) is 0.286. The highest BCUT2D eigenvalue weighted by Crippen LogP contribution is 2.19. The third-order valence-corrected chi connectivity index (χ3v) is 1.28. The van der Waals surface area contributed by atoms with Crippen molar-refractivity contribution in [1.82, 2.24) is 4.98 Å². The van der Waals surface area contributed by atoms with Crippen LogP contribution in [0.1, 0.15) is 6.92 Å². The summed E-state index contributed by atoms with van der Waals surface area (Å²) < 4.78 is 4.92.